The maximum absolute atomic E-state index is 12.0. The van der Waals surface area contributed by atoms with E-state index in [1.54, 1.807) is 11.3 Å². The second-order valence-corrected chi connectivity index (χ2v) is 6.81. The zero-order valence-corrected chi connectivity index (χ0v) is 13.4. The van der Waals surface area contributed by atoms with E-state index in [0.717, 1.165) is 17.4 Å². The highest BCUT2D eigenvalue weighted by atomic mass is 32.2. The molecule has 0 aromatic carbocycles. The van der Waals surface area contributed by atoms with Crippen molar-refractivity contribution in [2.75, 3.05) is 6.54 Å². The number of aryl methyl sites for hydroxylation is 1. The highest BCUT2D eigenvalue weighted by molar-refractivity contribution is 8.00. The minimum Gasteiger partial charge on any atom is -0.355 e. The molecule has 108 valence electrons. The summed E-state index contributed by atoms with van der Waals surface area (Å²) in [4.78, 5) is 13.3. The number of carbonyl (C=O) groups is 1. The van der Waals surface area contributed by atoms with Gasteiger partial charge in [-0.25, -0.2) is 0 Å². The van der Waals surface area contributed by atoms with Gasteiger partial charge in [0.1, 0.15) is 5.82 Å². The molecule has 0 spiro atoms. The molecule has 5 nitrogen and oxygen atoms in total. The van der Waals surface area contributed by atoms with Gasteiger partial charge in [0, 0.05) is 18.5 Å². The van der Waals surface area contributed by atoms with Gasteiger partial charge in [0.25, 0.3) is 0 Å². The Morgan fingerprint density at radius 1 is 1.55 bits per heavy atom. The first-order chi connectivity index (χ1) is 9.58. The summed E-state index contributed by atoms with van der Waals surface area (Å²) in [6, 6.07) is 4.11. The lowest BCUT2D eigenvalue weighted by Crippen LogP contribution is -2.32. The van der Waals surface area contributed by atoms with Crippen molar-refractivity contribution in [2.45, 2.75) is 30.7 Å². The zero-order chi connectivity index (χ0) is 14.5. The number of rotatable bonds is 6. The number of nitrogens with one attached hydrogen (secondary N) is 1. The Hall–Kier alpha value is -1.34. The molecule has 0 aliphatic rings. The first kappa shape index (κ1) is 15.1. The van der Waals surface area contributed by atoms with E-state index in [-0.39, 0.29) is 11.2 Å². The van der Waals surface area contributed by atoms with Crippen LogP contribution in [-0.4, -0.2) is 32.5 Å². The minimum atomic E-state index is -0.180. The smallest absolute Gasteiger partial charge is 0.233 e. The third-order valence-electron chi connectivity index (χ3n) is 2.95. The van der Waals surface area contributed by atoms with Crippen LogP contribution in [0.3, 0.4) is 0 Å². The molecule has 1 atom stereocenters. The average molecular weight is 310 g/mol. The van der Waals surface area contributed by atoms with Gasteiger partial charge in [0.15, 0.2) is 5.16 Å². The second-order valence-electron chi connectivity index (χ2n) is 4.47. The molecule has 1 N–H and O–H groups in total. The van der Waals surface area contributed by atoms with E-state index in [2.05, 4.69) is 21.6 Å². The van der Waals surface area contributed by atoms with Gasteiger partial charge in [-0.2, -0.15) is 0 Å². The third-order valence-corrected chi connectivity index (χ3v) is 5.02. The molecule has 2 aromatic heterocycles. The molecule has 0 radical (unpaired) electrons. The van der Waals surface area contributed by atoms with E-state index in [9.17, 15) is 4.79 Å². The molecule has 0 saturated heterocycles. The lowest BCUT2D eigenvalue weighted by molar-refractivity contribution is -0.120. The topological polar surface area (TPSA) is 59.8 Å². The number of hydrogen-bond acceptors (Lipinski definition) is 5. The highest BCUT2D eigenvalue weighted by Crippen LogP contribution is 2.21. The quantitative estimate of drug-likeness (QED) is 0.829. The van der Waals surface area contributed by atoms with Crippen molar-refractivity contribution < 1.29 is 4.79 Å². The average Bonchev–Trinajstić information content (AvgIpc) is 3.04. The van der Waals surface area contributed by atoms with E-state index in [4.69, 9.17) is 0 Å². The predicted molar refractivity (Wildman–Crippen MR) is 82.1 cm³/mol. The van der Waals surface area contributed by atoms with Crippen LogP contribution in [0, 0.1) is 6.92 Å². The Kier molecular flexibility index (Phi) is 5.19. The lowest BCUT2D eigenvalue weighted by Gasteiger charge is -2.11. The van der Waals surface area contributed by atoms with Gasteiger partial charge in [-0.15, -0.1) is 21.5 Å². The summed E-state index contributed by atoms with van der Waals surface area (Å²) < 4.78 is 1.89. The van der Waals surface area contributed by atoms with Crippen molar-refractivity contribution in [3.63, 3.8) is 0 Å². The van der Waals surface area contributed by atoms with Crippen LogP contribution in [0.2, 0.25) is 0 Å². The van der Waals surface area contributed by atoms with Crippen LogP contribution < -0.4 is 5.32 Å². The van der Waals surface area contributed by atoms with Gasteiger partial charge in [0.05, 0.1) is 5.25 Å². The Morgan fingerprint density at radius 2 is 2.35 bits per heavy atom. The Bertz CT molecular complexity index is 565. The molecule has 0 aliphatic carbocycles. The number of amides is 1. The predicted octanol–water partition coefficient (Wildman–Crippen LogP) is 2.02. The highest BCUT2D eigenvalue weighted by Gasteiger charge is 2.17. The van der Waals surface area contributed by atoms with Gasteiger partial charge in [-0.1, -0.05) is 17.8 Å². The van der Waals surface area contributed by atoms with Crippen molar-refractivity contribution in [2.24, 2.45) is 7.05 Å². The van der Waals surface area contributed by atoms with E-state index in [1.165, 1.54) is 16.6 Å². The van der Waals surface area contributed by atoms with E-state index in [1.807, 2.05) is 36.9 Å². The van der Waals surface area contributed by atoms with Crippen LogP contribution in [0.1, 0.15) is 17.6 Å². The fraction of sp³-hybridized carbons (Fsp3) is 0.462. The van der Waals surface area contributed by atoms with Crippen molar-refractivity contribution in [1.29, 1.82) is 0 Å². The number of thioether (sulfide) groups is 1. The number of nitrogens with zero attached hydrogens (tertiary/aromatic N) is 3. The summed E-state index contributed by atoms with van der Waals surface area (Å²) in [5, 5.41) is 13.6. The zero-order valence-electron chi connectivity index (χ0n) is 11.8. The monoisotopic (exact) mass is 310 g/mol. The molecule has 2 aromatic rings. The van der Waals surface area contributed by atoms with Crippen molar-refractivity contribution in [1.82, 2.24) is 20.1 Å². The minimum absolute atomic E-state index is 0.0345. The van der Waals surface area contributed by atoms with Crippen LogP contribution >= 0.6 is 23.1 Å². The first-order valence-electron chi connectivity index (χ1n) is 6.40. The Labute approximate surface area is 126 Å². The van der Waals surface area contributed by atoms with Gasteiger partial charge in [-0.3, -0.25) is 4.79 Å². The molecule has 0 aliphatic heterocycles. The number of thiophene rings is 1. The van der Waals surface area contributed by atoms with Gasteiger partial charge in [-0.05, 0) is 31.7 Å². The largest absolute Gasteiger partial charge is 0.355 e. The van der Waals surface area contributed by atoms with E-state index < -0.39 is 0 Å². The summed E-state index contributed by atoms with van der Waals surface area (Å²) in [7, 11) is 1.90. The number of hydrogen-bond donors (Lipinski definition) is 1. The summed E-state index contributed by atoms with van der Waals surface area (Å²) in [5.74, 6) is 0.880. The molecular formula is C13H18N4OS2. The van der Waals surface area contributed by atoms with Crippen LogP contribution in [0.25, 0.3) is 0 Å². The molecule has 20 heavy (non-hydrogen) atoms. The van der Waals surface area contributed by atoms with Crippen LogP contribution in [0.5, 0.6) is 0 Å². The summed E-state index contributed by atoms with van der Waals surface area (Å²) in [5.41, 5.74) is 0. The van der Waals surface area contributed by atoms with E-state index >= 15 is 0 Å². The molecule has 2 heterocycles. The molecule has 1 unspecified atom stereocenters. The molecule has 0 saturated carbocycles. The number of carbonyl (C=O) groups excluding carboxylic acids is 1. The van der Waals surface area contributed by atoms with E-state index in [0.29, 0.717) is 6.54 Å². The molecule has 0 bridgehead atoms. The summed E-state index contributed by atoms with van der Waals surface area (Å²) in [6.45, 7) is 4.44. The Balaban J connectivity index is 1.78. The van der Waals surface area contributed by atoms with Crippen molar-refractivity contribution in [3.05, 3.63) is 28.2 Å². The normalized spacial score (nSPS) is 12.3. The van der Waals surface area contributed by atoms with Crippen molar-refractivity contribution in [3.8, 4) is 0 Å². The summed E-state index contributed by atoms with van der Waals surface area (Å²) in [6.07, 6.45) is 0.879. The van der Waals surface area contributed by atoms with Crippen LogP contribution in [0.4, 0.5) is 0 Å². The third kappa shape index (κ3) is 3.83. The molecule has 7 heteroatoms. The number of aromatic nitrogens is 3. The lowest BCUT2D eigenvalue weighted by atomic mass is 10.3. The van der Waals surface area contributed by atoms with Gasteiger partial charge >= 0.3 is 0 Å². The molecule has 1 amide bonds. The molecule has 0 fully saturated rings. The first-order valence-corrected chi connectivity index (χ1v) is 8.16. The second kappa shape index (κ2) is 6.90. The maximum atomic E-state index is 12.0. The Morgan fingerprint density at radius 3 is 2.95 bits per heavy atom. The molecule has 2 rings (SSSR count). The van der Waals surface area contributed by atoms with Crippen LogP contribution in [-0.2, 0) is 18.3 Å². The fourth-order valence-electron chi connectivity index (χ4n) is 1.61. The van der Waals surface area contributed by atoms with Gasteiger partial charge in [0.2, 0.25) is 5.91 Å². The fourth-order valence-corrected chi connectivity index (χ4v) is 3.20. The van der Waals surface area contributed by atoms with Crippen LogP contribution in [0.15, 0.2) is 22.7 Å². The molecular weight excluding hydrogens is 292 g/mol. The SMILES string of the molecule is Cc1nnc(SC(C)C(=O)NCCc2cccs2)n1C. The summed E-state index contributed by atoms with van der Waals surface area (Å²) >= 11 is 3.14. The standard InChI is InChI=1S/C13H18N4OS2/c1-9(20-13-16-15-10(2)17(13)3)12(18)14-7-6-11-5-4-8-19-11/h4-5,8-9H,6-7H2,1-3H3,(H,14,18). The van der Waals surface area contributed by atoms with Gasteiger partial charge < -0.3 is 9.88 Å². The maximum Gasteiger partial charge on any atom is 0.233 e. The van der Waals surface area contributed by atoms with Crippen molar-refractivity contribution >= 4 is 29.0 Å².